The van der Waals surface area contributed by atoms with Crippen LogP contribution in [0.4, 0.5) is 13.2 Å². The van der Waals surface area contributed by atoms with Crippen LogP contribution in [0, 0.1) is 5.92 Å². The van der Waals surface area contributed by atoms with Crippen molar-refractivity contribution >= 4 is 5.97 Å². The van der Waals surface area contributed by atoms with Gasteiger partial charge in [0.05, 0.1) is 13.1 Å². The van der Waals surface area contributed by atoms with Crippen LogP contribution < -0.4 is 5.32 Å². The molecule has 0 aromatic carbocycles. The molecule has 0 heterocycles. The maximum absolute atomic E-state index is 11.8. The van der Waals surface area contributed by atoms with Crippen LogP contribution in [0.2, 0.25) is 0 Å². The third kappa shape index (κ3) is 6.51. The number of carbonyl (C=O) groups excluding carboxylic acids is 1. The van der Waals surface area contributed by atoms with Crippen LogP contribution >= 0.6 is 0 Å². The van der Waals surface area contributed by atoms with E-state index in [1.807, 2.05) is 5.32 Å². The Morgan fingerprint density at radius 2 is 1.88 bits per heavy atom. The van der Waals surface area contributed by atoms with Crippen LogP contribution in [0.5, 0.6) is 0 Å². The summed E-state index contributed by atoms with van der Waals surface area (Å²) >= 11 is 0. The van der Waals surface area contributed by atoms with Crippen molar-refractivity contribution in [3.8, 4) is 0 Å². The van der Waals surface area contributed by atoms with Gasteiger partial charge in [0.2, 0.25) is 0 Å². The van der Waals surface area contributed by atoms with Crippen LogP contribution in [0.15, 0.2) is 0 Å². The Hall–Kier alpha value is -0.780. The van der Waals surface area contributed by atoms with E-state index in [-0.39, 0.29) is 12.6 Å². The molecule has 1 fully saturated rings. The predicted octanol–water partition coefficient (Wildman–Crippen LogP) is 2.26. The summed E-state index contributed by atoms with van der Waals surface area (Å²) in [6.45, 7) is 0.596. The third-order valence-corrected chi connectivity index (χ3v) is 2.86. The number of rotatable bonds is 4. The number of hydrogen-bond donors (Lipinski definition) is 1. The molecule has 1 rings (SSSR count). The smallest absolute Gasteiger partial charge is 0.401 e. The summed E-state index contributed by atoms with van der Waals surface area (Å²) in [6.07, 6.45) is -0.771. The molecular weight excluding hydrogens is 235 g/mol. The first-order valence-electron chi connectivity index (χ1n) is 5.84. The Balaban J connectivity index is 2.13. The maximum atomic E-state index is 11.8. The number of nitrogens with one attached hydrogen (secondary N) is 1. The largest absolute Gasteiger partial charge is 0.461 e. The van der Waals surface area contributed by atoms with E-state index in [0.29, 0.717) is 5.92 Å². The van der Waals surface area contributed by atoms with Crippen LogP contribution in [0.3, 0.4) is 0 Å². The first-order chi connectivity index (χ1) is 7.87. The van der Waals surface area contributed by atoms with Gasteiger partial charge in [-0.1, -0.05) is 6.92 Å². The van der Waals surface area contributed by atoms with Crippen molar-refractivity contribution in [1.82, 2.24) is 5.32 Å². The second kappa shape index (κ2) is 6.23. The maximum Gasteiger partial charge on any atom is 0.401 e. The number of esters is 1. The fourth-order valence-electron chi connectivity index (χ4n) is 1.88. The molecule has 1 N–H and O–H groups in total. The predicted molar refractivity (Wildman–Crippen MR) is 56.4 cm³/mol. The van der Waals surface area contributed by atoms with E-state index < -0.39 is 18.7 Å². The van der Waals surface area contributed by atoms with Crippen molar-refractivity contribution in [2.24, 2.45) is 5.92 Å². The molecule has 0 amide bonds. The SMILES string of the molecule is CC1CCC(OC(=O)CNCC(F)(F)F)CC1. The summed E-state index contributed by atoms with van der Waals surface area (Å²) < 4.78 is 40.5. The molecule has 0 aliphatic heterocycles. The summed E-state index contributed by atoms with van der Waals surface area (Å²) in [4.78, 5) is 11.2. The average molecular weight is 253 g/mol. The highest BCUT2D eigenvalue weighted by Gasteiger charge is 2.27. The molecule has 0 radical (unpaired) electrons. The molecule has 3 nitrogen and oxygen atoms in total. The number of hydrogen-bond acceptors (Lipinski definition) is 3. The van der Waals surface area contributed by atoms with Crippen LogP contribution in [0.1, 0.15) is 32.6 Å². The highest BCUT2D eigenvalue weighted by atomic mass is 19.4. The summed E-state index contributed by atoms with van der Waals surface area (Å²) in [7, 11) is 0. The molecule has 0 bridgehead atoms. The topological polar surface area (TPSA) is 38.3 Å². The highest BCUT2D eigenvalue weighted by Crippen LogP contribution is 2.25. The minimum Gasteiger partial charge on any atom is -0.461 e. The Morgan fingerprint density at radius 3 is 2.41 bits per heavy atom. The number of ether oxygens (including phenoxy) is 1. The van der Waals surface area contributed by atoms with Crippen molar-refractivity contribution in [3.05, 3.63) is 0 Å². The van der Waals surface area contributed by atoms with E-state index in [1.165, 1.54) is 0 Å². The van der Waals surface area contributed by atoms with Gasteiger partial charge in [0.1, 0.15) is 6.10 Å². The molecule has 0 unspecified atom stereocenters. The highest BCUT2D eigenvalue weighted by molar-refractivity contribution is 5.71. The number of carbonyl (C=O) groups is 1. The van der Waals surface area contributed by atoms with Gasteiger partial charge in [-0.3, -0.25) is 10.1 Å². The molecule has 0 aromatic heterocycles. The van der Waals surface area contributed by atoms with E-state index in [4.69, 9.17) is 4.74 Å². The number of halogens is 3. The average Bonchev–Trinajstić information content (AvgIpc) is 2.19. The van der Waals surface area contributed by atoms with Crippen molar-refractivity contribution < 1.29 is 22.7 Å². The molecule has 6 heteroatoms. The minimum atomic E-state index is -4.29. The zero-order valence-corrected chi connectivity index (χ0v) is 9.85. The lowest BCUT2D eigenvalue weighted by atomic mass is 9.89. The van der Waals surface area contributed by atoms with Gasteiger partial charge in [-0.25, -0.2) is 0 Å². The second-order valence-electron chi connectivity index (χ2n) is 4.59. The fraction of sp³-hybridized carbons (Fsp3) is 0.909. The number of alkyl halides is 3. The molecule has 1 aliphatic rings. The van der Waals surface area contributed by atoms with Gasteiger partial charge < -0.3 is 4.74 Å². The normalized spacial score (nSPS) is 25.6. The zero-order chi connectivity index (χ0) is 12.9. The van der Waals surface area contributed by atoms with E-state index in [1.54, 1.807) is 0 Å². The molecule has 1 saturated carbocycles. The van der Waals surface area contributed by atoms with Crippen LogP contribution in [-0.4, -0.2) is 31.3 Å². The van der Waals surface area contributed by atoms with Crippen molar-refractivity contribution in [3.63, 3.8) is 0 Å². The van der Waals surface area contributed by atoms with Gasteiger partial charge in [0.15, 0.2) is 0 Å². The zero-order valence-electron chi connectivity index (χ0n) is 9.85. The monoisotopic (exact) mass is 253 g/mol. The molecule has 1 aliphatic carbocycles. The molecule has 0 atom stereocenters. The molecule has 0 spiro atoms. The van der Waals surface area contributed by atoms with E-state index in [2.05, 4.69) is 6.92 Å². The van der Waals surface area contributed by atoms with Crippen molar-refractivity contribution in [2.75, 3.05) is 13.1 Å². The molecule has 0 saturated heterocycles. The Morgan fingerprint density at radius 1 is 1.29 bits per heavy atom. The standard InChI is InChI=1S/C11H18F3NO2/c1-8-2-4-9(5-3-8)17-10(16)6-15-7-11(12,13)14/h8-9,15H,2-7H2,1H3. The van der Waals surface area contributed by atoms with Gasteiger partial charge in [-0.2, -0.15) is 13.2 Å². The van der Waals surface area contributed by atoms with Crippen molar-refractivity contribution in [2.45, 2.75) is 44.9 Å². The Bertz CT molecular complexity index is 248. The summed E-state index contributed by atoms with van der Waals surface area (Å²) in [5.74, 6) is 0.0436. The fourth-order valence-corrected chi connectivity index (χ4v) is 1.88. The molecule has 100 valence electrons. The minimum absolute atomic E-state index is 0.119. The van der Waals surface area contributed by atoms with Gasteiger partial charge in [-0.05, 0) is 31.6 Å². The third-order valence-electron chi connectivity index (χ3n) is 2.86. The van der Waals surface area contributed by atoms with Crippen LogP contribution in [0.25, 0.3) is 0 Å². The first-order valence-corrected chi connectivity index (χ1v) is 5.84. The lowest BCUT2D eigenvalue weighted by Crippen LogP contribution is -2.35. The van der Waals surface area contributed by atoms with E-state index in [0.717, 1.165) is 25.7 Å². The van der Waals surface area contributed by atoms with E-state index >= 15 is 0 Å². The lowest BCUT2D eigenvalue weighted by Gasteiger charge is -2.26. The van der Waals surface area contributed by atoms with Crippen molar-refractivity contribution in [1.29, 1.82) is 0 Å². The van der Waals surface area contributed by atoms with E-state index in [9.17, 15) is 18.0 Å². The lowest BCUT2D eigenvalue weighted by molar-refractivity contribution is -0.151. The quantitative estimate of drug-likeness (QED) is 0.781. The molecule has 17 heavy (non-hydrogen) atoms. The summed E-state index contributed by atoms with van der Waals surface area (Å²) in [5, 5.41) is 2.02. The second-order valence-corrected chi connectivity index (χ2v) is 4.59. The van der Waals surface area contributed by atoms with Crippen LogP contribution in [-0.2, 0) is 9.53 Å². The van der Waals surface area contributed by atoms with Gasteiger partial charge in [0.25, 0.3) is 0 Å². The Labute approximate surface area is 98.7 Å². The summed E-state index contributed by atoms with van der Waals surface area (Å²) in [6, 6.07) is 0. The summed E-state index contributed by atoms with van der Waals surface area (Å²) in [5.41, 5.74) is 0. The Kier molecular flexibility index (Phi) is 5.24. The van der Waals surface area contributed by atoms with Gasteiger partial charge in [0, 0.05) is 0 Å². The van der Waals surface area contributed by atoms with Gasteiger partial charge in [-0.15, -0.1) is 0 Å². The molecule has 0 aromatic rings. The van der Waals surface area contributed by atoms with Gasteiger partial charge >= 0.3 is 12.1 Å². The molecular formula is C11H18F3NO2. The first kappa shape index (κ1) is 14.3.